The first-order chi connectivity index (χ1) is 15.5. The van der Waals surface area contributed by atoms with Crippen molar-refractivity contribution in [2.75, 3.05) is 76.3 Å². The molecule has 2 heterocycles. The largest absolute Gasteiger partial charge is 0.369 e. The fourth-order valence-corrected chi connectivity index (χ4v) is 5.06. The van der Waals surface area contributed by atoms with E-state index in [1.165, 1.54) is 11.4 Å². The number of carbonyl (C=O) groups is 1. The number of Topliss-reactive ketones (excluding diaryl/α,β-unsaturated/α-hetero) is 1. The predicted octanol–water partition coefficient (Wildman–Crippen LogP) is 3.67. The highest BCUT2D eigenvalue weighted by molar-refractivity contribution is 5.93. The van der Waals surface area contributed by atoms with Gasteiger partial charge in [0.1, 0.15) is 5.78 Å². The third-order valence-corrected chi connectivity index (χ3v) is 7.35. The van der Waals surface area contributed by atoms with Gasteiger partial charge in [-0.2, -0.15) is 0 Å². The minimum absolute atomic E-state index is 0.138. The van der Waals surface area contributed by atoms with E-state index in [0.717, 1.165) is 63.5 Å². The maximum atomic E-state index is 13.8. The molecule has 0 bridgehead atoms. The molecule has 0 spiro atoms. The lowest BCUT2D eigenvalue weighted by atomic mass is 9.84. The van der Waals surface area contributed by atoms with Crippen LogP contribution in [0.1, 0.15) is 36.8 Å². The number of piperazine rings is 2. The predicted molar refractivity (Wildman–Crippen MR) is 134 cm³/mol. The molecule has 0 N–H and O–H groups in total. The van der Waals surface area contributed by atoms with Crippen molar-refractivity contribution < 1.29 is 4.79 Å². The van der Waals surface area contributed by atoms with Crippen LogP contribution in [0.3, 0.4) is 0 Å². The van der Waals surface area contributed by atoms with Gasteiger partial charge in [-0.15, -0.1) is 0 Å². The second kappa shape index (κ2) is 10.1. The number of hydrogen-bond acceptors (Lipinski definition) is 5. The summed E-state index contributed by atoms with van der Waals surface area (Å²) in [6, 6.07) is 17.0. The summed E-state index contributed by atoms with van der Waals surface area (Å²) in [6.07, 6.45) is 0. The van der Waals surface area contributed by atoms with Gasteiger partial charge >= 0.3 is 0 Å². The molecule has 2 saturated heterocycles. The highest BCUT2D eigenvalue weighted by Gasteiger charge is 2.29. The zero-order chi connectivity index (χ0) is 22.7. The Morgan fingerprint density at radius 2 is 0.969 bits per heavy atom. The smallest absolute Gasteiger partial charge is 0.147 e. The minimum atomic E-state index is -0.138. The first-order valence-electron chi connectivity index (χ1n) is 12.0. The van der Waals surface area contributed by atoms with Crippen molar-refractivity contribution >= 4 is 17.2 Å². The molecule has 2 aromatic carbocycles. The number of rotatable bonds is 6. The first-order valence-corrected chi connectivity index (χ1v) is 12.0. The van der Waals surface area contributed by atoms with E-state index in [9.17, 15) is 4.79 Å². The molecule has 2 aromatic rings. The molecule has 0 aromatic heterocycles. The van der Waals surface area contributed by atoms with Gasteiger partial charge in [-0.05, 0) is 37.4 Å². The molecule has 2 fully saturated rings. The molecule has 0 saturated carbocycles. The molecule has 32 heavy (non-hydrogen) atoms. The second-order valence-corrected chi connectivity index (χ2v) is 9.54. The lowest BCUT2D eigenvalue weighted by molar-refractivity contribution is -0.121. The van der Waals surface area contributed by atoms with Crippen molar-refractivity contribution in [2.45, 2.75) is 25.7 Å². The van der Waals surface area contributed by atoms with Crippen LogP contribution in [-0.4, -0.2) is 82.0 Å². The molecule has 172 valence electrons. The van der Waals surface area contributed by atoms with Crippen molar-refractivity contribution in [2.24, 2.45) is 0 Å². The molecule has 2 unspecified atom stereocenters. The van der Waals surface area contributed by atoms with E-state index >= 15 is 0 Å². The molecular weight excluding hydrogens is 396 g/mol. The summed E-state index contributed by atoms with van der Waals surface area (Å²) >= 11 is 0. The molecule has 2 aliphatic heterocycles. The van der Waals surface area contributed by atoms with E-state index in [-0.39, 0.29) is 11.8 Å². The molecule has 5 nitrogen and oxygen atoms in total. The second-order valence-electron chi connectivity index (χ2n) is 9.54. The number of nitrogens with zero attached hydrogens (tertiary/aromatic N) is 4. The van der Waals surface area contributed by atoms with Crippen LogP contribution in [0.2, 0.25) is 0 Å². The normalized spacial score (nSPS) is 20.2. The summed E-state index contributed by atoms with van der Waals surface area (Å²) in [4.78, 5) is 23.4. The fraction of sp³-hybridized carbons (Fsp3) is 0.519. The highest BCUT2D eigenvalue weighted by Crippen LogP contribution is 2.35. The number of hydrogen-bond donors (Lipinski definition) is 0. The summed E-state index contributed by atoms with van der Waals surface area (Å²) in [5, 5.41) is 0. The Morgan fingerprint density at radius 1 is 0.625 bits per heavy atom. The van der Waals surface area contributed by atoms with E-state index in [4.69, 9.17) is 0 Å². The number of benzene rings is 2. The Labute approximate surface area is 193 Å². The Morgan fingerprint density at radius 3 is 1.34 bits per heavy atom. The average Bonchev–Trinajstić information content (AvgIpc) is 2.84. The molecule has 2 atom stereocenters. The summed E-state index contributed by atoms with van der Waals surface area (Å²) in [6.45, 7) is 12.5. The number of para-hydroxylation sites is 2. The standard InChI is InChI=1S/C27H38N4O/c1-21(23-9-5-7-11-25(23)30-17-13-28(3)14-18-30)27(32)22(2)24-10-6-8-12-26(24)31-19-15-29(4)16-20-31/h5-12,21-22H,13-20H2,1-4H3. The first kappa shape index (κ1) is 22.8. The summed E-state index contributed by atoms with van der Waals surface area (Å²) in [5.74, 6) is 0.0240. The van der Waals surface area contributed by atoms with Crippen LogP contribution < -0.4 is 9.80 Å². The van der Waals surface area contributed by atoms with Gasteiger partial charge in [0.2, 0.25) is 0 Å². The third kappa shape index (κ3) is 4.84. The Bertz CT molecular complexity index is 840. The SMILES string of the molecule is CC(C(=O)C(C)c1ccccc1N1CCN(C)CC1)c1ccccc1N1CCN(C)CC1. The van der Waals surface area contributed by atoms with Crippen LogP contribution in [0.4, 0.5) is 11.4 Å². The van der Waals surface area contributed by atoms with Crippen LogP contribution >= 0.6 is 0 Å². The number of carbonyl (C=O) groups excluding carboxylic acids is 1. The van der Waals surface area contributed by atoms with Crippen molar-refractivity contribution in [3.8, 4) is 0 Å². The average molecular weight is 435 g/mol. The van der Waals surface area contributed by atoms with Crippen molar-refractivity contribution in [1.29, 1.82) is 0 Å². The molecular formula is C27H38N4O. The Kier molecular flexibility index (Phi) is 7.17. The maximum absolute atomic E-state index is 13.8. The molecule has 0 amide bonds. The van der Waals surface area contributed by atoms with E-state index in [0.29, 0.717) is 5.78 Å². The number of likely N-dealkylation sites (N-methyl/N-ethyl adjacent to an activating group) is 2. The summed E-state index contributed by atoms with van der Waals surface area (Å²) < 4.78 is 0. The van der Waals surface area contributed by atoms with Gasteiger partial charge in [-0.3, -0.25) is 4.79 Å². The zero-order valence-electron chi connectivity index (χ0n) is 20.1. The molecule has 5 heteroatoms. The van der Waals surface area contributed by atoms with Gasteiger partial charge in [0.25, 0.3) is 0 Å². The molecule has 0 radical (unpaired) electrons. The van der Waals surface area contributed by atoms with E-state index in [1.807, 2.05) is 0 Å². The molecule has 4 rings (SSSR count). The van der Waals surface area contributed by atoms with Crippen LogP contribution in [0, 0.1) is 0 Å². The van der Waals surface area contributed by atoms with Crippen molar-refractivity contribution in [3.05, 3.63) is 59.7 Å². The van der Waals surface area contributed by atoms with Gasteiger partial charge in [-0.25, -0.2) is 0 Å². The van der Waals surface area contributed by atoms with Gasteiger partial charge in [0.15, 0.2) is 0 Å². The highest BCUT2D eigenvalue weighted by atomic mass is 16.1. The van der Waals surface area contributed by atoms with E-state index in [1.54, 1.807) is 0 Å². The maximum Gasteiger partial charge on any atom is 0.147 e. The van der Waals surface area contributed by atoms with Crippen LogP contribution in [0.5, 0.6) is 0 Å². The lowest BCUT2D eigenvalue weighted by Crippen LogP contribution is -2.45. The zero-order valence-corrected chi connectivity index (χ0v) is 20.1. The van der Waals surface area contributed by atoms with E-state index < -0.39 is 0 Å². The topological polar surface area (TPSA) is 30.0 Å². The van der Waals surface area contributed by atoms with Gasteiger partial charge in [0, 0.05) is 75.6 Å². The Hall–Kier alpha value is -2.37. The van der Waals surface area contributed by atoms with Gasteiger partial charge < -0.3 is 19.6 Å². The van der Waals surface area contributed by atoms with Crippen LogP contribution in [0.15, 0.2) is 48.5 Å². The van der Waals surface area contributed by atoms with Gasteiger partial charge in [0.05, 0.1) is 0 Å². The molecule has 0 aliphatic carbocycles. The number of ketones is 1. The van der Waals surface area contributed by atoms with Crippen molar-refractivity contribution in [1.82, 2.24) is 9.80 Å². The minimum Gasteiger partial charge on any atom is -0.369 e. The number of anilines is 2. The monoisotopic (exact) mass is 434 g/mol. The van der Waals surface area contributed by atoms with Crippen LogP contribution in [0.25, 0.3) is 0 Å². The lowest BCUT2D eigenvalue weighted by Gasteiger charge is -2.37. The summed E-state index contributed by atoms with van der Waals surface area (Å²) in [5.41, 5.74) is 4.76. The quantitative estimate of drug-likeness (QED) is 0.692. The third-order valence-electron chi connectivity index (χ3n) is 7.35. The fourth-order valence-electron chi connectivity index (χ4n) is 5.06. The Balaban J connectivity index is 1.56. The molecule has 2 aliphatic rings. The van der Waals surface area contributed by atoms with Crippen molar-refractivity contribution in [3.63, 3.8) is 0 Å². The summed E-state index contributed by atoms with van der Waals surface area (Å²) in [7, 11) is 4.35. The van der Waals surface area contributed by atoms with E-state index in [2.05, 4.69) is 96.1 Å². The van der Waals surface area contributed by atoms with Gasteiger partial charge in [-0.1, -0.05) is 50.2 Å². The van der Waals surface area contributed by atoms with Crippen LogP contribution in [-0.2, 0) is 4.79 Å².